The zero-order valence-corrected chi connectivity index (χ0v) is 11.5. The first-order chi connectivity index (χ1) is 9.29. The fourth-order valence-electron chi connectivity index (χ4n) is 3.13. The highest BCUT2D eigenvalue weighted by Crippen LogP contribution is 2.34. The molecule has 3 heteroatoms. The molecule has 2 aromatic rings. The minimum Gasteiger partial charge on any atom is -0.396 e. The third kappa shape index (κ3) is 2.25. The molecule has 3 rings (SSSR count). The van der Waals surface area contributed by atoms with Gasteiger partial charge in [0.05, 0.1) is 16.9 Å². The van der Waals surface area contributed by atoms with Crippen LogP contribution in [-0.2, 0) is 0 Å². The standard InChI is InChI=1S/C16H21N3/c1-2-4-12-8-10-19(11-12)15-7-6-14-13(16(15)17)5-3-9-18-14/h3,5-7,9,12H,2,4,8,10-11,17H2,1H3. The average molecular weight is 255 g/mol. The highest BCUT2D eigenvalue weighted by Gasteiger charge is 2.23. The maximum atomic E-state index is 6.34. The average Bonchev–Trinajstić information content (AvgIpc) is 2.88. The van der Waals surface area contributed by atoms with Crippen molar-refractivity contribution in [3.8, 4) is 0 Å². The Morgan fingerprint density at radius 1 is 1.37 bits per heavy atom. The second-order valence-electron chi connectivity index (χ2n) is 5.46. The second-order valence-corrected chi connectivity index (χ2v) is 5.46. The van der Waals surface area contributed by atoms with Crippen molar-refractivity contribution in [3.63, 3.8) is 0 Å². The largest absolute Gasteiger partial charge is 0.396 e. The lowest BCUT2D eigenvalue weighted by Crippen LogP contribution is -2.20. The monoisotopic (exact) mass is 255 g/mol. The molecule has 0 amide bonds. The summed E-state index contributed by atoms with van der Waals surface area (Å²) in [6.45, 7) is 4.53. The number of hydrogen-bond donors (Lipinski definition) is 1. The van der Waals surface area contributed by atoms with Gasteiger partial charge in [0.2, 0.25) is 0 Å². The quantitative estimate of drug-likeness (QED) is 0.854. The van der Waals surface area contributed by atoms with E-state index in [2.05, 4.69) is 35.0 Å². The van der Waals surface area contributed by atoms with Gasteiger partial charge in [-0.25, -0.2) is 0 Å². The van der Waals surface area contributed by atoms with Crippen molar-refractivity contribution < 1.29 is 0 Å². The summed E-state index contributed by atoms with van der Waals surface area (Å²) < 4.78 is 0. The second kappa shape index (κ2) is 5.08. The van der Waals surface area contributed by atoms with E-state index in [4.69, 9.17) is 5.73 Å². The summed E-state index contributed by atoms with van der Waals surface area (Å²) in [6, 6.07) is 8.21. The van der Waals surface area contributed by atoms with Gasteiger partial charge in [0, 0.05) is 24.7 Å². The molecule has 1 aliphatic rings. The topological polar surface area (TPSA) is 42.2 Å². The Morgan fingerprint density at radius 2 is 2.26 bits per heavy atom. The molecule has 0 saturated carbocycles. The van der Waals surface area contributed by atoms with Crippen molar-refractivity contribution in [1.29, 1.82) is 0 Å². The molecule has 1 aromatic heterocycles. The first kappa shape index (κ1) is 12.3. The molecule has 1 unspecified atom stereocenters. The number of pyridine rings is 1. The van der Waals surface area contributed by atoms with E-state index < -0.39 is 0 Å². The summed E-state index contributed by atoms with van der Waals surface area (Å²) in [5.74, 6) is 0.828. The number of nitrogens with zero attached hydrogens (tertiary/aromatic N) is 2. The molecule has 0 spiro atoms. The third-order valence-electron chi connectivity index (χ3n) is 4.13. The molecule has 2 N–H and O–H groups in total. The van der Waals surface area contributed by atoms with Crippen LogP contribution >= 0.6 is 0 Å². The molecule has 3 nitrogen and oxygen atoms in total. The molecular formula is C16H21N3. The minimum atomic E-state index is 0.828. The maximum Gasteiger partial charge on any atom is 0.0724 e. The molecule has 19 heavy (non-hydrogen) atoms. The number of benzene rings is 1. The normalized spacial score (nSPS) is 19.2. The van der Waals surface area contributed by atoms with Gasteiger partial charge in [0.25, 0.3) is 0 Å². The zero-order chi connectivity index (χ0) is 13.2. The fraction of sp³-hybridized carbons (Fsp3) is 0.438. The summed E-state index contributed by atoms with van der Waals surface area (Å²) in [4.78, 5) is 6.79. The van der Waals surface area contributed by atoms with Crippen molar-refractivity contribution in [2.45, 2.75) is 26.2 Å². The van der Waals surface area contributed by atoms with E-state index in [1.807, 2.05) is 12.3 Å². The molecule has 1 fully saturated rings. The van der Waals surface area contributed by atoms with E-state index in [9.17, 15) is 0 Å². The summed E-state index contributed by atoms with van der Waals surface area (Å²) >= 11 is 0. The lowest BCUT2D eigenvalue weighted by Gasteiger charge is -2.21. The number of nitrogen functional groups attached to an aromatic ring is 1. The van der Waals surface area contributed by atoms with Crippen LogP contribution in [0.2, 0.25) is 0 Å². The van der Waals surface area contributed by atoms with Crippen LogP contribution in [0.1, 0.15) is 26.2 Å². The molecule has 1 saturated heterocycles. The predicted molar refractivity (Wildman–Crippen MR) is 81.4 cm³/mol. The van der Waals surface area contributed by atoms with Crippen molar-refractivity contribution in [3.05, 3.63) is 30.5 Å². The van der Waals surface area contributed by atoms with E-state index in [0.29, 0.717) is 0 Å². The van der Waals surface area contributed by atoms with Gasteiger partial charge in [-0.3, -0.25) is 4.98 Å². The highest BCUT2D eigenvalue weighted by molar-refractivity contribution is 5.97. The van der Waals surface area contributed by atoms with Gasteiger partial charge in [0.15, 0.2) is 0 Å². The molecule has 1 atom stereocenters. The van der Waals surface area contributed by atoms with Crippen LogP contribution in [-0.4, -0.2) is 18.1 Å². The Labute approximate surface area is 114 Å². The number of rotatable bonds is 3. The Balaban J connectivity index is 1.91. The molecule has 1 aliphatic heterocycles. The van der Waals surface area contributed by atoms with Gasteiger partial charge >= 0.3 is 0 Å². The molecule has 0 aliphatic carbocycles. The Bertz CT molecular complexity index is 579. The van der Waals surface area contributed by atoms with E-state index >= 15 is 0 Å². The van der Waals surface area contributed by atoms with Crippen LogP contribution in [0.3, 0.4) is 0 Å². The van der Waals surface area contributed by atoms with Crippen LogP contribution in [0, 0.1) is 5.92 Å². The van der Waals surface area contributed by atoms with Crippen LogP contribution in [0.15, 0.2) is 30.5 Å². The smallest absolute Gasteiger partial charge is 0.0724 e. The number of nitrogens with two attached hydrogens (primary N) is 1. The number of fused-ring (bicyclic) bond motifs is 1. The van der Waals surface area contributed by atoms with E-state index in [0.717, 1.165) is 35.6 Å². The van der Waals surface area contributed by atoms with Gasteiger partial charge < -0.3 is 10.6 Å². The van der Waals surface area contributed by atoms with Crippen LogP contribution in [0.25, 0.3) is 10.9 Å². The van der Waals surface area contributed by atoms with Crippen molar-refractivity contribution in [1.82, 2.24) is 4.98 Å². The van der Waals surface area contributed by atoms with E-state index in [1.165, 1.54) is 24.9 Å². The van der Waals surface area contributed by atoms with Crippen molar-refractivity contribution in [2.75, 3.05) is 23.7 Å². The van der Waals surface area contributed by atoms with E-state index in [-0.39, 0.29) is 0 Å². The Kier molecular flexibility index (Phi) is 3.28. The Morgan fingerprint density at radius 3 is 3.11 bits per heavy atom. The predicted octanol–water partition coefficient (Wildman–Crippen LogP) is 3.44. The van der Waals surface area contributed by atoms with Gasteiger partial charge in [-0.1, -0.05) is 13.3 Å². The van der Waals surface area contributed by atoms with Gasteiger partial charge in [-0.15, -0.1) is 0 Å². The summed E-state index contributed by atoms with van der Waals surface area (Å²) in [5, 5.41) is 1.07. The van der Waals surface area contributed by atoms with Gasteiger partial charge in [0.1, 0.15) is 0 Å². The van der Waals surface area contributed by atoms with Crippen LogP contribution < -0.4 is 10.6 Å². The fourth-order valence-corrected chi connectivity index (χ4v) is 3.13. The SMILES string of the molecule is CCCC1CCN(c2ccc3ncccc3c2N)C1. The molecule has 0 radical (unpaired) electrons. The molecule has 100 valence electrons. The number of hydrogen-bond acceptors (Lipinski definition) is 3. The lowest BCUT2D eigenvalue weighted by molar-refractivity contribution is 0.530. The summed E-state index contributed by atoms with van der Waals surface area (Å²) in [6.07, 6.45) is 5.70. The molecule has 1 aromatic carbocycles. The van der Waals surface area contributed by atoms with Crippen LogP contribution in [0.5, 0.6) is 0 Å². The van der Waals surface area contributed by atoms with Gasteiger partial charge in [-0.2, -0.15) is 0 Å². The third-order valence-corrected chi connectivity index (χ3v) is 4.13. The number of aromatic nitrogens is 1. The molecular weight excluding hydrogens is 234 g/mol. The molecule has 2 heterocycles. The maximum absolute atomic E-state index is 6.34. The minimum absolute atomic E-state index is 0.828. The van der Waals surface area contributed by atoms with Gasteiger partial charge in [-0.05, 0) is 43.0 Å². The highest BCUT2D eigenvalue weighted by atomic mass is 15.2. The Hall–Kier alpha value is -1.77. The summed E-state index contributed by atoms with van der Waals surface area (Å²) in [5.41, 5.74) is 9.37. The summed E-state index contributed by atoms with van der Waals surface area (Å²) in [7, 11) is 0. The van der Waals surface area contributed by atoms with E-state index in [1.54, 1.807) is 0 Å². The lowest BCUT2D eigenvalue weighted by atomic mass is 10.0. The molecule has 0 bridgehead atoms. The first-order valence-corrected chi connectivity index (χ1v) is 7.17. The van der Waals surface area contributed by atoms with Crippen molar-refractivity contribution >= 4 is 22.3 Å². The van der Waals surface area contributed by atoms with Crippen LogP contribution in [0.4, 0.5) is 11.4 Å². The number of anilines is 2. The van der Waals surface area contributed by atoms with Crippen molar-refractivity contribution in [2.24, 2.45) is 5.92 Å². The zero-order valence-electron chi connectivity index (χ0n) is 11.5. The first-order valence-electron chi connectivity index (χ1n) is 7.17.